The van der Waals surface area contributed by atoms with Gasteiger partial charge >= 0.3 is 0 Å². The smallest absolute Gasteiger partial charge is 0.260 e. The molecule has 3 heterocycles. The number of hydrogen-bond donors (Lipinski definition) is 0. The number of hydrogen-bond acceptors (Lipinski definition) is 4. The van der Waals surface area contributed by atoms with E-state index >= 15 is 0 Å². The Kier molecular flexibility index (Phi) is 5.75. The van der Waals surface area contributed by atoms with Crippen LogP contribution in [0.5, 0.6) is 5.75 Å². The summed E-state index contributed by atoms with van der Waals surface area (Å²) in [5.74, 6) is 1.11. The van der Waals surface area contributed by atoms with Crippen LogP contribution in [0.3, 0.4) is 0 Å². The fraction of sp³-hybridized carbons (Fsp3) is 0.370. The average molecular weight is 444 g/mol. The average Bonchev–Trinajstić information content (AvgIpc) is 3.45. The third kappa shape index (κ3) is 4.30. The largest absolute Gasteiger partial charge is 0.487 e. The number of likely N-dealkylation sites (tertiary alicyclic amines) is 1. The number of nitrogens with zero attached hydrogens (tertiary/aromatic N) is 3. The fourth-order valence-electron chi connectivity index (χ4n) is 5.19. The normalized spacial score (nSPS) is 19.2. The molecule has 3 aromatic rings. The van der Waals surface area contributed by atoms with Gasteiger partial charge in [0.1, 0.15) is 17.9 Å². The number of amides is 1. The van der Waals surface area contributed by atoms with Crippen LogP contribution in [0, 0.1) is 19.8 Å². The van der Waals surface area contributed by atoms with Gasteiger partial charge in [0, 0.05) is 30.5 Å². The lowest BCUT2D eigenvalue weighted by Crippen LogP contribution is -2.41. The molecule has 6 heteroatoms. The van der Waals surface area contributed by atoms with Gasteiger partial charge in [-0.2, -0.15) is 0 Å². The molecule has 2 bridgehead atoms. The highest BCUT2D eigenvalue weighted by atomic mass is 16.5. The Bertz CT molecular complexity index is 1220. The van der Waals surface area contributed by atoms with Crippen molar-refractivity contribution >= 4 is 5.91 Å². The van der Waals surface area contributed by atoms with E-state index in [0.717, 1.165) is 36.3 Å². The van der Waals surface area contributed by atoms with Crippen LogP contribution in [-0.2, 0) is 13.2 Å². The highest BCUT2D eigenvalue weighted by Gasteiger charge is 2.41. The van der Waals surface area contributed by atoms with Crippen LogP contribution in [0.2, 0.25) is 0 Å². The molecule has 1 amide bonds. The monoisotopic (exact) mass is 443 g/mol. The van der Waals surface area contributed by atoms with Crippen LogP contribution in [0.4, 0.5) is 0 Å². The van der Waals surface area contributed by atoms with Crippen molar-refractivity contribution in [1.82, 2.24) is 14.5 Å². The molecular weight excluding hydrogens is 414 g/mol. The van der Waals surface area contributed by atoms with Gasteiger partial charge in [0.05, 0.1) is 17.9 Å². The Morgan fingerprint density at radius 3 is 2.61 bits per heavy atom. The molecule has 1 aliphatic heterocycles. The van der Waals surface area contributed by atoms with Crippen molar-refractivity contribution in [2.24, 2.45) is 5.92 Å². The van der Waals surface area contributed by atoms with Crippen LogP contribution in [0.1, 0.15) is 52.3 Å². The predicted octanol–water partition coefficient (Wildman–Crippen LogP) is 4.11. The number of aromatic nitrogens is 2. The van der Waals surface area contributed by atoms with E-state index in [2.05, 4.69) is 4.98 Å². The SMILES string of the molecule is Cc1ccc(OCc2c(C(=O)N3C[C@@H]4CC[C@@H]3C4)c(=O)cc(C)n2Cc2ccccn2)cc1. The van der Waals surface area contributed by atoms with E-state index in [1.807, 2.05) is 65.8 Å². The van der Waals surface area contributed by atoms with Gasteiger partial charge in [-0.3, -0.25) is 14.6 Å². The number of pyridine rings is 2. The second-order valence-electron chi connectivity index (χ2n) is 9.27. The van der Waals surface area contributed by atoms with E-state index in [9.17, 15) is 9.59 Å². The zero-order chi connectivity index (χ0) is 22.9. The number of piperidine rings is 1. The number of carbonyl (C=O) groups excluding carboxylic acids is 1. The van der Waals surface area contributed by atoms with Crippen LogP contribution in [-0.4, -0.2) is 32.9 Å². The number of aryl methyl sites for hydroxylation is 2. The van der Waals surface area contributed by atoms with Crippen molar-refractivity contribution in [2.45, 2.75) is 52.3 Å². The second kappa shape index (κ2) is 8.85. The standard InChI is InChI=1S/C27H29N3O3/c1-18-6-10-23(11-7-18)33-17-24-26(27(32)30-15-20-8-9-22(30)14-20)25(31)13-19(2)29(24)16-21-5-3-4-12-28-21/h3-7,10-13,20,22H,8-9,14-17H2,1-2H3/t20-,22-/m1/s1. The van der Waals surface area contributed by atoms with Crippen LogP contribution >= 0.6 is 0 Å². The fourth-order valence-corrected chi connectivity index (χ4v) is 5.19. The van der Waals surface area contributed by atoms with Gasteiger partial charge < -0.3 is 14.2 Å². The molecule has 0 radical (unpaired) electrons. The second-order valence-corrected chi connectivity index (χ2v) is 9.27. The first-order valence-electron chi connectivity index (χ1n) is 11.6. The van der Waals surface area contributed by atoms with E-state index in [1.165, 1.54) is 6.42 Å². The van der Waals surface area contributed by atoms with Gasteiger partial charge in [-0.1, -0.05) is 23.8 Å². The minimum Gasteiger partial charge on any atom is -0.487 e. The zero-order valence-corrected chi connectivity index (χ0v) is 19.2. The zero-order valence-electron chi connectivity index (χ0n) is 19.2. The van der Waals surface area contributed by atoms with Crippen LogP contribution < -0.4 is 10.2 Å². The highest BCUT2D eigenvalue weighted by molar-refractivity contribution is 5.95. The van der Waals surface area contributed by atoms with Gasteiger partial charge in [0.2, 0.25) is 0 Å². The molecule has 33 heavy (non-hydrogen) atoms. The van der Waals surface area contributed by atoms with E-state index in [0.29, 0.717) is 23.9 Å². The summed E-state index contributed by atoms with van der Waals surface area (Å²) in [5.41, 5.74) is 3.40. The maximum Gasteiger partial charge on any atom is 0.260 e. The maximum absolute atomic E-state index is 13.7. The molecule has 1 saturated heterocycles. The van der Waals surface area contributed by atoms with Gasteiger partial charge in [-0.05, 0) is 63.3 Å². The lowest BCUT2D eigenvalue weighted by Gasteiger charge is -2.28. The molecule has 1 saturated carbocycles. The first-order valence-corrected chi connectivity index (χ1v) is 11.6. The van der Waals surface area contributed by atoms with Crippen LogP contribution in [0.15, 0.2) is 59.5 Å². The Hall–Kier alpha value is -3.41. The number of fused-ring (bicyclic) bond motifs is 2. The molecule has 0 spiro atoms. The van der Waals surface area contributed by atoms with Crippen molar-refractivity contribution < 1.29 is 9.53 Å². The summed E-state index contributed by atoms with van der Waals surface area (Å²) in [6, 6.07) is 15.4. The molecular formula is C27H29N3O3. The third-order valence-corrected chi connectivity index (χ3v) is 6.95. The molecule has 1 aromatic carbocycles. The van der Waals surface area contributed by atoms with Gasteiger partial charge in [0.25, 0.3) is 5.91 Å². The van der Waals surface area contributed by atoms with Crippen molar-refractivity contribution in [3.8, 4) is 5.75 Å². The van der Waals surface area contributed by atoms with Gasteiger partial charge in [0.15, 0.2) is 5.43 Å². The summed E-state index contributed by atoms with van der Waals surface area (Å²) < 4.78 is 8.10. The molecule has 2 atom stereocenters. The quantitative estimate of drug-likeness (QED) is 0.575. The first-order chi connectivity index (χ1) is 16.0. The van der Waals surface area contributed by atoms with Crippen molar-refractivity contribution in [1.29, 1.82) is 0 Å². The molecule has 6 nitrogen and oxygen atoms in total. The molecule has 2 fully saturated rings. The van der Waals surface area contributed by atoms with Gasteiger partial charge in [-0.25, -0.2) is 0 Å². The summed E-state index contributed by atoms with van der Waals surface area (Å²) in [6.07, 6.45) is 5.01. The van der Waals surface area contributed by atoms with Crippen molar-refractivity contribution in [3.05, 3.63) is 93.2 Å². The van der Waals surface area contributed by atoms with Crippen molar-refractivity contribution in [2.75, 3.05) is 6.54 Å². The molecule has 1 aliphatic carbocycles. The summed E-state index contributed by atoms with van der Waals surface area (Å²) in [6.45, 7) is 5.26. The number of ether oxygens (including phenoxy) is 1. The first kappa shape index (κ1) is 21.4. The minimum atomic E-state index is -0.236. The van der Waals surface area contributed by atoms with E-state index < -0.39 is 0 Å². The highest BCUT2D eigenvalue weighted by Crippen LogP contribution is 2.38. The predicted molar refractivity (Wildman–Crippen MR) is 126 cm³/mol. The molecule has 2 aromatic heterocycles. The summed E-state index contributed by atoms with van der Waals surface area (Å²) >= 11 is 0. The Morgan fingerprint density at radius 2 is 1.94 bits per heavy atom. The molecule has 2 aliphatic rings. The number of carbonyl (C=O) groups is 1. The van der Waals surface area contributed by atoms with Crippen molar-refractivity contribution in [3.63, 3.8) is 0 Å². The summed E-state index contributed by atoms with van der Waals surface area (Å²) in [5, 5.41) is 0. The number of benzene rings is 1. The van der Waals surface area contributed by atoms with E-state index in [1.54, 1.807) is 12.3 Å². The summed E-state index contributed by atoms with van der Waals surface area (Å²) in [4.78, 5) is 33.3. The molecule has 0 N–H and O–H groups in total. The maximum atomic E-state index is 13.7. The molecule has 0 unspecified atom stereocenters. The molecule has 170 valence electrons. The Balaban J connectivity index is 1.55. The molecule has 5 rings (SSSR count). The topological polar surface area (TPSA) is 64.4 Å². The number of rotatable bonds is 6. The summed E-state index contributed by atoms with van der Waals surface area (Å²) in [7, 11) is 0. The lowest BCUT2D eigenvalue weighted by atomic mass is 10.1. The minimum absolute atomic E-state index is 0.135. The third-order valence-electron chi connectivity index (χ3n) is 6.95. The lowest BCUT2D eigenvalue weighted by molar-refractivity contribution is 0.0697. The van der Waals surface area contributed by atoms with E-state index in [-0.39, 0.29) is 29.5 Å². The van der Waals surface area contributed by atoms with Gasteiger partial charge in [-0.15, -0.1) is 0 Å². The Labute approximate surface area is 193 Å². The Morgan fingerprint density at radius 1 is 1.12 bits per heavy atom. The van der Waals surface area contributed by atoms with E-state index in [4.69, 9.17) is 4.74 Å². The van der Waals surface area contributed by atoms with Crippen LogP contribution in [0.25, 0.3) is 0 Å².